The molecule has 0 radical (unpaired) electrons. The van der Waals surface area contributed by atoms with Gasteiger partial charge in [-0.25, -0.2) is 22.0 Å². The third-order valence-electron chi connectivity index (χ3n) is 5.50. The zero-order valence-corrected chi connectivity index (χ0v) is 19.5. The van der Waals surface area contributed by atoms with Gasteiger partial charge in [0.15, 0.2) is 6.04 Å². The lowest BCUT2D eigenvalue weighted by Crippen LogP contribution is -2.34. The van der Waals surface area contributed by atoms with Crippen molar-refractivity contribution in [2.45, 2.75) is 36.6 Å². The summed E-state index contributed by atoms with van der Waals surface area (Å²) in [5.74, 6) is -3.36. The van der Waals surface area contributed by atoms with Gasteiger partial charge in [-0.05, 0) is 54.8 Å². The quantitative estimate of drug-likeness (QED) is 0.471. The summed E-state index contributed by atoms with van der Waals surface area (Å²) < 4.78 is 59.5. The Morgan fingerprint density at radius 1 is 1.03 bits per heavy atom. The van der Waals surface area contributed by atoms with Crippen molar-refractivity contribution in [2.24, 2.45) is 0 Å². The maximum absolute atomic E-state index is 14.1. The van der Waals surface area contributed by atoms with Gasteiger partial charge in [-0.1, -0.05) is 25.0 Å². The van der Waals surface area contributed by atoms with E-state index in [1.54, 1.807) is 12.1 Å². The van der Waals surface area contributed by atoms with Crippen LogP contribution in [-0.2, 0) is 24.3 Å². The van der Waals surface area contributed by atoms with Crippen molar-refractivity contribution in [3.63, 3.8) is 0 Å². The molecule has 2 aromatic carbocycles. The van der Waals surface area contributed by atoms with Gasteiger partial charge in [0.05, 0.1) is 12.0 Å². The number of halogens is 2. The molecule has 0 aromatic heterocycles. The smallest absolute Gasteiger partial charge is 0.333 e. The predicted octanol–water partition coefficient (Wildman–Crippen LogP) is 3.57. The van der Waals surface area contributed by atoms with Crippen molar-refractivity contribution < 1.29 is 31.5 Å². The lowest BCUT2D eigenvalue weighted by Gasteiger charge is -2.19. The summed E-state index contributed by atoms with van der Waals surface area (Å²) in [5.41, 5.74) is 0.174. The Balaban J connectivity index is 1.71. The Labute approximate surface area is 197 Å². The van der Waals surface area contributed by atoms with Gasteiger partial charge in [0, 0.05) is 24.7 Å². The highest BCUT2D eigenvalue weighted by atomic mass is 32.2. The van der Waals surface area contributed by atoms with E-state index in [0.29, 0.717) is 18.7 Å². The molecule has 34 heavy (non-hydrogen) atoms. The molecule has 1 atom stereocenters. The van der Waals surface area contributed by atoms with Gasteiger partial charge >= 0.3 is 5.97 Å². The number of methoxy groups -OCH3 is 1. The normalized spacial score (nSPS) is 16.1. The van der Waals surface area contributed by atoms with Crippen LogP contribution in [0.2, 0.25) is 0 Å². The minimum Gasteiger partial charge on any atom is -0.467 e. The van der Waals surface area contributed by atoms with Gasteiger partial charge in [0.25, 0.3) is 0 Å². The number of hydrogen-bond donors (Lipinski definition) is 1. The highest BCUT2D eigenvalue weighted by molar-refractivity contribution is 7.89. The molecule has 0 aliphatic carbocycles. The first kappa shape index (κ1) is 25.5. The van der Waals surface area contributed by atoms with Crippen molar-refractivity contribution in [3.05, 3.63) is 71.3 Å². The fourth-order valence-corrected chi connectivity index (χ4v) is 5.18. The fraction of sp³-hybridized carbons (Fsp3) is 0.333. The van der Waals surface area contributed by atoms with Gasteiger partial charge in [0.1, 0.15) is 11.6 Å². The number of amides is 1. The van der Waals surface area contributed by atoms with Crippen molar-refractivity contribution in [2.75, 3.05) is 20.2 Å². The fourth-order valence-electron chi connectivity index (χ4n) is 3.66. The van der Waals surface area contributed by atoms with Gasteiger partial charge in [-0.15, -0.1) is 0 Å². The number of nitrogens with one attached hydrogen (secondary N) is 1. The monoisotopic (exact) mass is 492 g/mol. The molecule has 1 amide bonds. The maximum Gasteiger partial charge on any atom is 0.333 e. The summed E-state index contributed by atoms with van der Waals surface area (Å²) in [6, 6.07) is 7.06. The molecule has 3 rings (SSSR count). The predicted molar refractivity (Wildman–Crippen MR) is 122 cm³/mol. The minimum absolute atomic E-state index is 0.170. The van der Waals surface area contributed by atoms with Crippen molar-refractivity contribution in [1.82, 2.24) is 9.62 Å². The van der Waals surface area contributed by atoms with Crippen LogP contribution in [0.15, 0.2) is 53.4 Å². The average molecular weight is 493 g/mol. The van der Waals surface area contributed by atoms with E-state index in [9.17, 15) is 26.8 Å². The Hall–Kier alpha value is -3.11. The van der Waals surface area contributed by atoms with Gasteiger partial charge < -0.3 is 10.1 Å². The number of carbonyl (C=O) groups excluding carboxylic acids is 2. The second-order valence-corrected chi connectivity index (χ2v) is 9.79. The third-order valence-corrected chi connectivity index (χ3v) is 7.42. The number of nitrogens with zero attached hydrogens (tertiary/aromatic N) is 1. The first-order valence-electron chi connectivity index (χ1n) is 10.8. The lowest BCUT2D eigenvalue weighted by atomic mass is 10.1. The molecule has 0 spiro atoms. The van der Waals surface area contributed by atoms with Crippen LogP contribution in [0, 0.1) is 11.6 Å². The van der Waals surface area contributed by atoms with Gasteiger partial charge in [0.2, 0.25) is 15.9 Å². The van der Waals surface area contributed by atoms with E-state index in [0.717, 1.165) is 57.1 Å². The molecule has 1 unspecified atom stereocenters. The Morgan fingerprint density at radius 2 is 1.68 bits per heavy atom. The van der Waals surface area contributed by atoms with E-state index in [4.69, 9.17) is 0 Å². The highest BCUT2D eigenvalue weighted by Crippen LogP contribution is 2.22. The molecule has 1 N–H and O–H groups in total. The Kier molecular flexibility index (Phi) is 8.51. The summed E-state index contributed by atoms with van der Waals surface area (Å²) in [5, 5.41) is 2.30. The van der Waals surface area contributed by atoms with E-state index in [2.05, 4.69) is 10.1 Å². The molecule has 1 fully saturated rings. The largest absolute Gasteiger partial charge is 0.467 e. The first-order valence-corrected chi connectivity index (χ1v) is 12.3. The van der Waals surface area contributed by atoms with Crippen molar-refractivity contribution in [1.29, 1.82) is 0 Å². The third kappa shape index (κ3) is 6.27. The van der Waals surface area contributed by atoms with Gasteiger partial charge in [-0.3, -0.25) is 4.79 Å². The summed E-state index contributed by atoms with van der Waals surface area (Å²) in [6.45, 7) is 0.995. The first-order chi connectivity index (χ1) is 16.2. The van der Waals surface area contributed by atoms with E-state index < -0.39 is 39.6 Å². The van der Waals surface area contributed by atoms with Crippen LogP contribution in [0.1, 0.15) is 42.9 Å². The molecule has 0 saturated carbocycles. The van der Waals surface area contributed by atoms with E-state index in [1.807, 2.05) is 0 Å². The number of hydrogen-bond acceptors (Lipinski definition) is 5. The zero-order chi connectivity index (χ0) is 24.7. The van der Waals surface area contributed by atoms with E-state index in [-0.39, 0.29) is 10.5 Å². The van der Waals surface area contributed by atoms with E-state index in [1.165, 1.54) is 22.5 Å². The van der Waals surface area contributed by atoms with Crippen molar-refractivity contribution >= 4 is 28.0 Å². The highest BCUT2D eigenvalue weighted by Gasteiger charge is 2.27. The molecule has 0 bridgehead atoms. The summed E-state index contributed by atoms with van der Waals surface area (Å²) in [6.07, 6.45) is 6.21. The topological polar surface area (TPSA) is 92.8 Å². The lowest BCUT2D eigenvalue weighted by molar-refractivity contribution is -0.144. The van der Waals surface area contributed by atoms with Crippen LogP contribution in [0.25, 0.3) is 6.08 Å². The molecule has 7 nitrogen and oxygen atoms in total. The van der Waals surface area contributed by atoms with Crippen LogP contribution in [0.3, 0.4) is 0 Å². The van der Waals surface area contributed by atoms with E-state index >= 15 is 0 Å². The summed E-state index contributed by atoms with van der Waals surface area (Å²) in [7, 11) is -2.52. The molecule has 2 aromatic rings. The molecule has 1 aliphatic heterocycles. The van der Waals surface area contributed by atoms with Crippen LogP contribution in [0.4, 0.5) is 8.78 Å². The summed E-state index contributed by atoms with van der Waals surface area (Å²) >= 11 is 0. The number of carbonyl (C=O) groups is 2. The van der Waals surface area contributed by atoms with Crippen molar-refractivity contribution in [3.8, 4) is 0 Å². The molecule has 10 heteroatoms. The zero-order valence-electron chi connectivity index (χ0n) is 18.7. The number of rotatable bonds is 7. The molecule has 1 saturated heterocycles. The molecular weight excluding hydrogens is 466 g/mol. The molecular formula is C24H26F2N2O5S. The molecule has 182 valence electrons. The Bertz CT molecular complexity index is 1160. The molecule has 1 heterocycles. The molecule has 1 aliphatic rings. The number of esters is 1. The van der Waals surface area contributed by atoms with Gasteiger partial charge in [-0.2, -0.15) is 4.31 Å². The van der Waals surface area contributed by atoms with Crippen LogP contribution in [-0.4, -0.2) is 44.8 Å². The maximum atomic E-state index is 14.1. The number of sulfonamides is 1. The second kappa shape index (κ2) is 11.3. The number of ether oxygens (including phenoxy) is 1. The SMILES string of the molecule is COC(=O)C(NC(=O)/C=C/c1ccc(S(=O)(=O)N2CCCCCC2)cc1)c1cc(F)ccc1F. The summed E-state index contributed by atoms with van der Waals surface area (Å²) in [4.78, 5) is 24.6. The number of benzene rings is 2. The van der Waals surface area contributed by atoms with Crippen LogP contribution < -0.4 is 5.32 Å². The average Bonchev–Trinajstić information content (AvgIpc) is 3.13. The standard InChI is InChI=1S/C24H26F2N2O5S/c1-33-24(30)23(20-16-18(25)9-12-21(20)26)27-22(29)13-8-17-6-10-19(11-7-17)34(31,32)28-14-4-2-3-5-15-28/h6-13,16,23H,2-5,14-15H2,1H3,(H,27,29)/b13-8+. The second-order valence-electron chi connectivity index (χ2n) is 7.85. The minimum atomic E-state index is -3.59. The van der Waals surface area contributed by atoms with Crippen LogP contribution >= 0.6 is 0 Å². The Morgan fingerprint density at radius 3 is 2.29 bits per heavy atom. The van der Waals surface area contributed by atoms with Crippen LogP contribution in [0.5, 0.6) is 0 Å².